The van der Waals surface area contributed by atoms with E-state index >= 15 is 0 Å². The first kappa shape index (κ1) is 15.3. The summed E-state index contributed by atoms with van der Waals surface area (Å²) in [5.41, 5.74) is 0.931. The first-order valence-corrected chi connectivity index (χ1v) is 6.92. The van der Waals surface area contributed by atoms with Crippen LogP contribution >= 0.6 is 0 Å². The number of amides is 1. The van der Waals surface area contributed by atoms with Crippen LogP contribution in [0.3, 0.4) is 0 Å². The molecule has 106 valence electrons. The summed E-state index contributed by atoms with van der Waals surface area (Å²) < 4.78 is 5.51. The second-order valence-electron chi connectivity index (χ2n) is 4.48. The molecule has 1 aromatic carbocycles. The molecule has 1 amide bonds. The van der Waals surface area contributed by atoms with Crippen molar-refractivity contribution >= 4 is 11.6 Å². The largest absolute Gasteiger partial charge is 0.492 e. The van der Waals surface area contributed by atoms with Crippen molar-refractivity contribution in [2.75, 3.05) is 18.5 Å². The third-order valence-electron chi connectivity index (χ3n) is 2.87. The van der Waals surface area contributed by atoms with Gasteiger partial charge >= 0.3 is 0 Å². The van der Waals surface area contributed by atoms with Crippen LogP contribution in [0, 0.1) is 0 Å². The number of para-hydroxylation sites is 2. The summed E-state index contributed by atoms with van der Waals surface area (Å²) >= 11 is 0. The van der Waals surface area contributed by atoms with E-state index in [-0.39, 0.29) is 11.9 Å². The third-order valence-corrected chi connectivity index (χ3v) is 2.87. The lowest BCUT2D eigenvalue weighted by atomic mass is 10.2. The van der Waals surface area contributed by atoms with Crippen molar-refractivity contribution < 1.29 is 9.53 Å². The molecule has 0 bridgehead atoms. The van der Waals surface area contributed by atoms with Gasteiger partial charge in [-0.2, -0.15) is 0 Å². The Morgan fingerprint density at radius 3 is 2.74 bits per heavy atom. The van der Waals surface area contributed by atoms with E-state index in [4.69, 9.17) is 4.74 Å². The topological polar surface area (TPSA) is 50.4 Å². The van der Waals surface area contributed by atoms with Gasteiger partial charge in [-0.05, 0) is 32.4 Å². The summed E-state index contributed by atoms with van der Waals surface area (Å²) in [7, 11) is 0. The van der Waals surface area contributed by atoms with E-state index in [0.717, 1.165) is 17.9 Å². The Labute approximate surface area is 115 Å². The molecule has 4 nitrogen and oxygen atoms in total. The van der Waals surface area contributed by atoms with Crippen molar-refractivity contribution in [3.8, 4) is 5.75 Å². The predicted molar refractivity (Wildman–Crippen MR) is 78.6 cm³/mol. The van der Waals surface area contributed by atoms with E-state index in [1.807, 2.05) is 38.1 Å². The summed E-state index contributed by atoms with van der Waals surface area (Å²) in [4.78, 5) is 11.6. The van der Waals surface area contributed by atoms with Gasteiger partial charge in [0.25, 0.3) is 0 Å². The van der Waals surface area contributed by atoms with Crippen molar-refractivity contribution in [1.82, 2.24) is 5.32 Å². The molecule has 0 aliphatic carbocycles. The second-order valence-corrected chi connectivity index (χ2v) is 4.48. The van der Waals surface area contributed by atoms with Crippen LogP contribution in [0.1, 0.15) is 33.6 Å². The number of ether oxygens (including phenoxy) is 1. The van der Waals surface area contributed by atoms with E-state index in [1.165, 1.54) is 0 Å². The summed E-state index contributed by atoms with van der Waals surface area (Å²) in [6.45, 7) is 7.26. The van der Waals surface area contributed by atoms with Crippen LogP contribution in [-0.2, 0) is 4.79 Å². The Morgan fingerprint density at radius 2 is 2.05 bits per heavy atom. The molecule has 0 fully saturated rings. The number of hydrogen-bond donors (Lipinski definition) is 2. The van der Waals surface area contributed by atoms with Gasteiger partial charge < -0.3 is 15.4 Å². The molecule has 0 aliphatic heterocycles. The molecular weight excluding hydrogens is 240 g/mol. The Hall–Kier alpha value is -1.71. The molecule has 19 heavy (non-hydrogen) atoms. The van der Waals surface area contributed by atoms with Gasteiger partial charge in [-0.1, -0.05) is 19.1 Å². The average molecular weight is 264 g/mol. The number of carbonyl (C=O) groups is 1. The van der Waals surface area contributed by atoms with Crippen LogP contribution in [0.25, 0.3) is 0 Å². The van der Waals surface area contributed by atoms with E-state index in [9.17, 15) is 4.79 Å². The summed E-state index contributed by atoms with van der Waals surface area (Å²) in [6.07, 6.45) is 1.41. The molecule has 1 rings (SSSR count). The molecule has 1 atom stereocenters. The normalized spacial score (nSPS) is 11.7. The first-order valence-electron chi connectivity index (χ1n) is 6.92. The molecule has 0 radical (unpaired) electrons. The highest BCUT2D eigenvalue weighted by Gasteiger charge is 2.06. The number of benzene rings is 1. The van der Waals surface area contributed by atoms with Gasteiger partial charge in [0.15, 0.2) is 0 Å². The first-order chi connectivity index (χ1) is 9.17. The number of anilines is 1. The molecule has 4 heteroatoms. The number of carbonyl (C=O) groups excluding carboxylic acids is 1. The summed E-state index contributed by atoms with van der Waals surface area (Å²) in [6, 6.07) is 8.00. The number of hydrogen-bond acceptors (Lipinski definition) is 3. The maximum Gasteiger partial charge on any atom is 0.221 e. The maximum absolute atomic E-state index is 11.6. The van der Waals surface area contributed by atoms with Gasteiger partial charge in [-0.3, -0.25) is 4.79 Å². The zero-order chi connectivity index (χ0) is 14.1. The van der Waals surface area contributed by atoms with E-state index in [2.05, 4.69) is 17.6 Å². The molecule has 2 N–H and O–H groups in total. The molecule has 1 aromatic rings. The zero-order valence-electron chi connectivity index (χ0n) is 12.0. The molecule has 0 aliphatic rings. The Morgan fingerprint density at radius 1 is 1.32 bits per heavy atom. The van der Waals surface area contributed by atoms with Gasteiger partial charge in [0.2, 0.25) is 5.91 Å². The smallest absolute Gasteiger partial charge is 0.221 e. The van der Waals surface area contributed by atoms with Crippen molar-refractivity contribution in [3.05, 3.63) is 24.3 Å². The lowest BCUT2D eigenvalue weighted by Crippen LogP contribution is -2.32. The minimum absolute atomic E-state index is 0.0794. The molecule has 0 heterocycles. The molecule has 0 spiro atoms. The van der Waals surface area contributed by atoms with E-state index < -0.39 is 0 Å². The molecule has 0 aromatic heterocycles. The van der Waals surface area contributed by atoms with Gasteiger partial charge in [-0.15, -0.1) is 0 Å². The van der Waals surface area contributed by atoms with Crippen molar-refractivity contribution in [1.29, 1.82) is 0 Å². The lowest BCUT2D eigenvalue weighted by molar-refractivity contribution is -0.121. The third kappa shape index (κ3) is 5.64. The van der Waals surface area contributed by atoms with Crippen LogP contribution in [0.5, 0.6) is 5.75 Å². The van der Waals surface area contributed by atoms with E-state index in [0.29, 0.717) is 19.6 Å². The SMILES string of the molecule is CCOc1ccccc1NCCC(=O)NC(C)CC. The van der Waals surface area contributed by atoms with Crippen LogP contribution < -0.4 is 15.4 Å². The van der Waals surface area contributed by atoms with Crippen molar-refractivity contribution in [3.63, 3.8) is 0 Å². The van der Waals surface area contributed by atoms with Gasteiger partial charge in [0.1, 0.15) is 5.75 Å². The molecular formula is C15H24N2O2. The lowest BCUT2D eigenvalue weighted by Gasteiger charge is -2.13. The van der Waals surface area contributed by atoms with Gasteiger partial charge in [0, 0.05) is 19.0 Å². The predicted octanol–water partition coefficient (Wildman–Crippen LogP) is 2.80. The van der Waals surface area contributed by atoms with Crippen LogP contribution in [0.2, 0.25) is 0 Å². The zero-order valence-corrected chi connectivity index (χ0v) is 12.0. The fraction of sp³-hybridized carbons (Fsp3) is 0.533. The standard InChI is InChI=1S/C15H24N2O2/c1-4-12(3)17-15(18)10-11-16-13-8-6-7-9-14(13)19-5-2/h6-9,12,16H,4-5,10-11H2,1-3H3,(H,17,18). The minimum Gasteiger partial charge on any atom is -0.492 e. The highest BCUT2D eigenvalue weighted by molar-refractivity contribution is 5.76. The Kier molecular flexibility index (Phi) is 6.79. The monoisotopic (exact) mass is 264 g/mol. The molecule has 1 unspecified atom stereocenters. The van der Waals surface area contributed by atoms with Crippen molar-refractivity contribution in [2.24, 2.45) is 0 Å². The summed E-state index contributed by atoms with van der Waals surface area (Å²) in [5, 5.41) is 6.18. The van der Waals surface area contributed by atoms with Crippen LogP contribution in [-0.4, -0.2) is 25.1 Å². The fourth-order valence-electron chi connectivity index (χ4n) is 1.65. The molecule has 0 saturated carbocycles. The highest BCUT2D eigenvalue weighted by atomic mass is 16.5. The summed E-state index contributed by atoms with van der Waals surface area (Å²) in [5.74, 6) is 0.906. The molecule has 0 saturated heterocycles. The number of rotatable bonds is 8. The van der Waals surface area contributed by atoms with Crippen LogP contribution in [0.4, 0.5) is 5.69 Å². The Balaban J connectivity index is 2.38. The average Bonchev–Trinajstić information content (AvgIpc) is 2.41. The minimum atomic E-state index is 0.0794. The highest BCUT2D eigenvalue weighted by Crippen LogP contribution is 2.23. The van der Waals surface area contributed by atoms with Gasteiger partial charge in [-0.25, -0.2) is 0 Å². The Bertz CT molecular complexity index is 393. The van der Waals surface area contributed by atoms with E-state index in [1.54, 1.807) is 0 Å². The van der Waals surface area contributed by atoms with Crippen molar-refractivity contribution in [2.45, 2.75) is 39.7 Å². The fourth-order valence-corrected chi connectivity index (χ4v) is 1.65. The number of nitrogens with one attached hydrogen (secondary N) is 2. The second kappa shape index (κ2) is 8.40. The maximum atomic E-state index is 11.6. The van der Waals surface area contributed by atoms with Crippen LogP contribution in [0.15, 0.2) is 24.3 Å². The van der Waals surface area contributed by atoms with Gasteiger partial charge in [0.05, 0.1) is 12.3 Å². The quantitative estimate of drug-likeness (QED) is 0.759.